The molecule has 2 unspecified atom stereocenters. The van der Waals surface area contributed by atoms with Gasteiger partial charge in [0.2, 0.25) is 7.85 Å². The molecule has 2 atom stereocenters. The van der Waals surface area contributed by atoms with E-state index in [1.54, 1.807) is 56.6 Å². The van der Waals surface area contributed by atoms with E-state index in [2.05, 4.69) is 46.1 Å². The molecule has 0 saturated carbocycles. The quantitative estimate of drug-likeness (QED) is 0.166. The number of nitrogens with zero attached hydrogens (tertiary/aromatic N) is 3. The van der Waals surface area contributed by atoms with E-state index in [9.17, 15) is 10.2 Å². The number of piperazine rings is 1. The number of nitrogens with two attached hydrogens (primary N) is 1. The average Bonchev–Trinajstić information content (AvgIpc) is 2.82. The molecule has 0 aliphatic carbocycles. The number of aromatic nitrogens is 1. The van der Waals surface area contributed by atoms with Crippen LogP contribution in [0.25, 0.3) is 5.57 Å². The summed E-state index contributed by atoms with van der Waals surface area (Å²) in [6, 6.07) is 9.01. The summed E-state index contributed by atoms with van der Waals surface area (Å²) in [6.45, 7) is 8.04. The topological polar surface area (TPSA) is 131 Å². The van der Waals surface area contributed by atoms with Gasteiger partial charge in [-0.25, -0.2) is 9.99 Å². The van der Waals surface area contributed by atoms with E-state index in [1.807, 2.05) is 0 Å². The van der Waals surface area contributed by atoms with Crippen LogP contribution in [0.1, 0.15) is 37.5 Å². The Morgan fingerprint density at radius 3 is 2.75 bits per heavy atom. The number of pyridine rings is 1. The number of hydrogen-bond acceptors (Lipinski definition) is 9. The van der Waals surface area contributed by atoms with Crippen LogP contribution in [-0.4, -0.2) is 77.5 Å². The van der Waals surface area contributed by atoms with Gasteiger partial charge in [-0.3, -0.25) is 0 Å². The molecule has 1 fully saturated rings. The Balaban J connectivity index is 1.81. The van der Waals surface area contributed by atoms with Crippen molar-refractivity contribution in [2.75, 3.05) is 32.4 Å². The van der Waals surface area contributed by atoms with Crippen LogP contribution in [0.5, 0.6) is 5.75 Å². The molecule has 10 heteroatoms. The minimum absolute atomic E-state index is 0.113. The third-order valence-electron chi connectivity index (χ3n) is 5.95. The van der Waals surface area contributed by atoms with Crippen LogP contribution in [0.2, 0.25) is 0 Å². The lowest BCUT2D eigenvalue weighted by Crippen LogP contribution is -2.53. The van der Waals surface area contributed by atoms with Gasteiger partial charge in [0, 0.05) is 66.6 Å². The lowest BCUT2D eigenvalue weighted by atomic mass is 9.86. The number of hydrogen-bond donors (Lipinski definition) is 5. The summed E-state index contributed by atoms with van der Waals surface area (Å²) in [7, 11) is 3.61. The van der Waals surface area contributed by atoms with E-state index in [1.165, 1.54) is 14.1 Å². The van der Waals surface area contributed by atoms with E-state index in [0.29, 0.717) is 28.3 Å². The number of benzene rings is 1. The van der Waals surface area contributed by atoms with Gasteiger partial charge in [-0.1, -0.05) is 24.0 Å². The van der Waals surface area contributed by atoms with Crippen molar-refractivity contribution in [2.45, 2.75) is 38.1 Å². The number of likely N-dealkylation sites (N-methyl/N-ethyl adjacent to an activating group) is 1. The molecule has 2 heterocycles. The molecule has 0 radical (unpaired) electrons. The summed E-state index contributed by atoms with van der Waals surface area (Å²) in [4.78, 5) is 6.52. The van der Waals surface area contributed by atoms with Crippen molar-refractivity contribution in [1.82, 2.24) is 20.3 Å². The molecule has 9 nitrogen and oxygen atoms in total. The first-order valence-electron chi connectivity index (χ1n) is 11.8. The van der Waals surface area contributed by atoms with Crippen molar-refractivity contribution >= 4 is 25.5 Å². The standard InChI is InChI=1S/C26H35BN6O3/c1-18-17-33(11-10-32(18)4)31-16-21(14-28)20-13-23(24(29)30-15-20)36-26(27,35)22-7-5-6-19(12-22)8-9-25(2,3)34/h5-7,12-16,18,28,31,34-35H,10-11,17,27H2,1-4H3,(H2,29,30)/b21-16+,28-14?. The maximum Gasteiger partial charge on any atom is 0.201 e. The Morgan fingerprint density at radius 1 is 1.33 bits per heavy atom. The molecular weight excluding hydrogens is 455 g/mol. The monoisotopic (exact) mass is 490 g/mol. The summed E-state index contributed by atoms with van der Waals surface area (Å²) >= 11 is 0. The SMILES string of the molecule is BC(O)(Oc1cc(/C(C=N)=C/NN2CCN(C)C(C)C2)cnc1N)c1cccc(C#CC(C)(C)O)c1. The van der Waals surface area contributed by atoms with Crippen molar-refractivity contribution in [3.05, 3.63) is 59.4 Å². The van der Waals surface area contributed by atoms with E-state index in [-0.39, 0.29) is 11.6 Å². The first-order chi connectivity index (χ1) is 16.9. The molecular formula is C26H35BN6O3. The Morgan fingerprint density at radius 2 is 2.08 bits per heavy atom. The fourth-order valence-corrected chi connectivity index (χ4v) is 3.61. The van der Waals surface area contributed by atoms with Crippen molar-refractivity contribution in [3.8, 4) is 17.6 Å². The highest BCUT2D eigenvalue weighted by Crippen LogP contribution is 2.30. The first-order valence-corrected chi connectivity index (χ1v) is 11.8. The molecule has 3 rings (SSSR count). The number of aliphatic hydroxyl groups is 2. The number of rotatable bonds is 7. The van der Waals surface area contributed by atoms with E-state index >= 15 is 0 Å². The van der Waals surface area contributed by atoms with Gasteiger partial charge in [0.05, 0.1) is 0 Å². The van der Waals surface area contributed by atoms with Crippen LogP contribution in [0.3, 0.4) is 0 Å². The van der Waals surface area contributed by atoms with E-state index in [4.69, 9.17) is 15.9 Å². The zero-order valence-corrected chi connectivity index (χ0v) is 21.5. The normalized spacial score (nSPS) is 19.1. The van der Waals surface area contributed by atoms with Crippen molar-refractivity contribution in [1.29, 1.82) is 5.41 Å². The molecule has 0 amide bonds. The van der Waals surface area contributed by atoms with Gasteiger partial charge in [0.25, 0.3) is 0 Å². The molecule has 0 bridgehead atoms. The van der Waals surface area contributed by atoms with Crippen LogP contribution in [0.4, 0.5) is 5.82 Å². The average molecular weight is 490 g/mol. The van der Waals surface area contributed by atoms with Crippen LogP contribution in [0.15, 0.2) is 42.7 Å². The zero-order valence-electron chi connectivity index (χ0n) is 21.5. The van der Waals surface area contributed by atoms with Crippen molar-refractivity contribution < 1.29 is 14.9 Å². The predicted octanol–water partition coefficient (Wildman–Crippen LogP) is 0.732. The number of anilines is 1. The summed E-state index contributed by atoms with van der Waals surface area (Å²) in [5.74, 6) is 5.96. The van der Waals surface area contributed by atoms with Gasteiger partial charge in [0.1, 0.15) is 5.60 Å². The predicted molar refractivity (Wildman–Crippen MR) is 145 cm³/mol. The maximum absolute atomic E-state index is 11.1. The molecule has 1 saturated heterocycles. The minimum atomic E-state index is -1.73. The van der Waals surface area contributed by atoms with Gasteiger partial charge in [-0.15, -0.1) is 0 Å². The zero-order chi connectivity index (χ0) is 26.5. The Kier molecular flexibility index (Phi) is 8.43. The van der Waals surface area contributed by atoms with Crippen LogP contribution < -0.4 is 15.9 Å². The molecule has 0 spiro atoms. The van der Waals surface area contributed by atoms with Gasteiger partial charge >= 0.3 is 0 Å². The highest BCUT2D eigenvalue weighted by Gasteiger charge is 2.27. The smallest absolute Gasteiger partial charge is 0.201 e. The first kappa shape index (κ1) is 27.2. The van der Waals surface area contributed by atoms with Crippen molar-refractivity contribution in [3.63, 3.8) is 0 Å². The van der Waals surface area contributed by atoms with Crippen LogP contribution in [-0.2, 0) is 5.69 Å². The van der Waals surface area contributed by atoms with Crippen molar-refractivity contribution in [2.24, 2.45) is 0 Å². The second-order valence-electron chi connectivity index (χ2n) is 9.73. The largest absolute Gasteiger partial charge is 0.463 e. The fraction of sp³-hybridized carbons (Fsp3) is 0.385. The van der Waals surface area contributed by atoms with Gasteiger partial charge in [-0.2, -0.15) is 0 Å². The van der Waals surface area contributed by atoms with Gasteiger partial charge in [0.15, 0.2) is 17.3 Å². The number of hydrazine groups is 1. The summed E-state index contributed by atoms with van der Waals surface area (Å²) in [6.07, 6.45) is 4.55. The molecule has 1 aromatic heterocycles. The second kappa shape index (κ2) is 11.1. The molecule has 1 aromatic carbocycles. The van der Waals surface area contributed by atoms with Gasteiger partial charge < -0.3 is 36.4 Å². The molecule has 1 aliphatic heterocycles. The lowest BCUT2D eigenvalue weighted by molar-refractivity contribution is -0.0671. The lowest BCUT2D eigenvalue weighted by Gasteiger charge is -2.37. The third kappa shape index (κ3) is 7.32. The molecule has 190 valence electrons. The van der Waals surface area contributed by atoms with E-state index < -0.39 is 11.3 Å². The second-order valence-corrected chi connectivity index (χ2v) is 9.73. The number of allylic oxidation sites excluding steroid dienone is 1. The Hall–Kier alpha value is -3.36. The maximum atomic E-state index is 11.1. The van der Waals surface area contributed by atoms with Crippen LogP contribution >= 0.6 is 0 Å². The number of nitrogens with one attached hydrogen (secondary N) is 2. The summed E-state index contributed by atoms with van der Waals surface area (Å²) in [5.41, 5.74) is 8.75. The van der Waals surface area contributed by atoms with Crippen LogP contribution in [0, 0.1) is 17.3 Å². The molecule has 6 N–H and O–H groups in total. The highest BCUT2D eigenvalue weighted by atomic mass is 16.6. The minimum Gasteiger partial charge on any atom is -0.463 e. The summed E-state index contributed by atoms with van der Waals surface area (Å²) in [5, 5.41) is 31.0. The molecule has 36 heavy (non-hydrogen) atoms. The fourth-order valence-electron chi connectivity index (χ4n) is 3.61. The number of ether oxygens (including phenoxy) is 1. The highest BCUT2D eigenvalue weighted by molar-refractivity contribution is 6.13. The van der Waals surface area contributed by atoms with E-state index in [0.717, 1.165) is 19.6 Å². The summed E-state index contributed by atoms with van der Waals surface area (Å²) < 4.78 is 5.91. The molecule has 1 aliphatic rings. The van der Waals surface area contributed by atoms with Gasteiger partial charge in [-0.05, 0) is 46.0 Å². The Labute approximate surface area is 213 Å². The third-order valence-corrected chi connectivity index (χ3v) is 5.95. The number of nitrogen functional groups attached to an aromatic ring is 1. The Bertz CT molecular complexity index is 1180. The molecule has 2 aromatic rings.